The van der Waals surface area contributed by atoms with Crippen LogP contribution < -0.4 is 99.3 Å². The van der Waals surface area contributed by atoms with Crippen molar-refractivity contribution >= 4 is 0 Å². The molecule has 0 saturated carbocycles. The second-order valence-corrected chi connectivity index (χ2v) is 0. The van der Waals surface area contributed by atoms with E-state index < -0.39 is 0 Å². The van der Waals surface area contributed by atoms with Crippen molar-refractivity contribution in [2.24, 2.45) is 0 Å². The molecular formula is Cl8Zr2. The van der Waals surface area contributed by atoms with E-state index in [0.717, 1.165) is 0 Å². The Labute approximate surface area is 149 Å². The van der Waals surface area contributed by atoms with E-state index in [1.165, 1.54) is 0 Å². The molecule has 0 saturated heterocycles. The van der Waals surface area contributed by atoms with Gasteiger partial charge in [-0.25, -0.2) is 0 Å². The minimum Gasteiger partial charge on any atom is -1.00 e. The molecule has 64 valence electrons. The molecule has 0 amide bonds. The third-order valence-electron chi connectivity index (χ3n) is 0. The largest absolute Gasteiger partial charge is 4.00 e. The first-order chi connectivity index (χ1) is 0. The smallest absolute Gasteiger partial charge is 1.00 e. The van der Waals surface area contributed by atoms with Crippen LogP contribution in [0.4, 0.5) is 0 Å². The molecule has 0 spiro atoms. The van der Waals surface area contributed by atoms with E-state index in [2.05, 4.69) is 0 Å². The molecule has 0 aromatic carbocycles. The standard InChI is InChI=1S/8ClH.2Zr/h8*1H;;/q;;;;;;;;2*+4/p-8. The second-order valence-electron chi connectivity index (χ2n) is 0. The predicted molar refractivity (Wildman–Crippen MR) is 0 cm³/mol. The van der Waals surface area contributed by atoms with Crippen molar-refractivity contribution in [3.63, 3.8) is 0 Å². The molecule has 0 atom stereocenters. The van der Waals surface area contributed by atoms with E-state index in [1.54, 1.807) is 0 Å². The molecular weight excluding hydrogens is 466 g/mol. The summed E-state index contributed by atoms with van der Waals surface area (Å²) < 4.78 is 0. The fourth-order valence-corrected chi connectivity index (χ4v) is 0. The maximum Gasteiger partial charge on any atom is 4.00 e. The molecule has 0 radical (unpaired) electrons. The molecule has 0 unspecified atom stereocenters. The third-order valence-corrected chi connectivity index (χ3v) is 0. The van der Waals surface area contributed by atoms with E-state index in [4.69, 9.17) is 0 Å². The van der Waals surface area contributed by atoms with Crippen LogP contribution in [0.3, 0.4) is 0 Å². The average Bonchev–Trinajstić information content (AvgIpc) is 0. The normalized spacial score (nSPS) is 0. The molecule has 0 N–H and O–H groups in total. The number of hydrogen-bond acceptors (Lipinski definition) is 0. The Morgan fingerprint density at radius 1 is 0.200 bits per heavy atom. The van der Waals surface area contributed by atoms with Crippen LogP contribution in [0.25, 0.3) is 0 Å². The molecule has 0 nitrogen and oxygen atoms in total. The Morgan fingerprint density at radius 3 is 0.200 bits per heavy atom. The topological polar surface area (TPSA) is 0 Å². The van der Waals surface area contributed by atoms with Crippen LogP contribution in [0.5, 0.6) is 0 Å². The summed E-state index contributed by atoms with van der Waals surface area (Å²) in [6, 6.07) is 0. The van der Waals surface area contributed by atoms with E-state index in [9.17, 15) is 0 Å². The monoisotopic (exact) mass is 460 g/mol. The number of halogens is 8. The van der Waals surface area contributed by atoms with Gasteiger partial charge in [0.1, 0.15) is 0 Å². The summed E-state index contributed by atoms with van der Waals surface area (Å²) in [6.07, 6.45) is 0. The van der Waals surface area contributed by atoms with Crippen molar-refractivity contribution in [3.05, 3.63) is 0 Å². The van der Waals surface area contributed by atoms with Crippen molar-refractivity contribution < 1.29 is 152 Å². The summed E-state index contributed by atoms with van der Waals surface area (Å²) in [5.41, 5.74) is 0. The van der Waals surface area contributed by atoms with Crippen molar-refractivity contribution in [1.82, 2.24) is 0 Å². The van der Waals surface area contributed by atoms with Crippen LogP contribution in [0.1, 0.15) is 0 Å². The van der Waals surface area contributed by atoms with Crippen molar-refractivity contribution in [2.45, 2.75) is 0 Å². The first-order valence-corrected chi connectivity index (χ1v) is 0. The molecule has 0 aliphatic rings. The molecule has 0 aliphatic carbocycles. The van der Waals surface area contributed by atoms with Gasteiger partial charge in [0.15, 0.2) is 0 Å². The van der Waals surface area contributed by atoms with Crippen LogP contribution >= 0.6 is 0 Å². The summed E-state index contributed by atoms with van der Waals surface area (Å²) in [5.74, 6) is 0. The zero-order valence-corrected chi connectivity index (χ0v) is 15.0. The van der Waals surface area contributed by atoms with Gasteiger partial charge in [-0.2, -0.15) is 0 Å². The summed E-state index contributed by atoms with van der Waals surface area (Å²) in [5, 5.41) is 0. The summed E-state index contributed by atoms with van der Waals surface area (Å²) in [7, 11) is 0. The van der Waals surface area contributed by atoms with Gasteiger partial charge in [-0.15, -0.1) is 0 Å². The van der Waals surface area contributed by atoms with Crippen molar-refractivity contribution in [2.75, 3.05) is 0 Å². The minimum absolute atomic E-state index is 0. The van der Waals surface area contributed by atoms with E-state index in [0.29, 0.717) is 0 Å². The average molecular weight is 466 g/mol. The van der Waals surface area contributed by atoms with Crippen molar-refractivity contribution in [3.8, 4) is 0 Å². The van der Waals surface area contributed by atoms with Gasteiger partial charge >= 0.3 is 52.4 Å². The van der Waals surface area contributed by atoms with Gasteiger partial charge < -0.3 is 99.3 Å². The van der Waals surface area contributed by atoms with Gasteiger partial charge in [-0.3, -0.25) is 0 Å². The maximum atomic E-state index is 0. The fraction of sp³-hybridized carbons (Fsp3) is 0. The Morgan fingerprint density at radius 2 is 0.200 bits per heavy atom. The number of hydrogen-bond donors (Lipinski definition) is 0. The molecule has 10 heavy (non-hydrogen) atoms. The third kappa shape index (κ3) is 89.0. The second kappa shape index (κ2) is 114. The molecule has 0 bridgehead atoms. The summed E-state index contributed by atoms with van der Waals surface area (Å²) in [4.78, 5) is 0. The minimum atomic E-state index is 0. The van der Waals surface area contributed by atoms with E-state index in [1.807, 2.05) is 0 Å². The summed E-state index contributed by atoms with van der Waals surface area (Å²) in [6.45, 7) is 0. The molecule has 0 aromatic heterocycles. The van der Waals surface area contributed by atoms with Gasteiger partial charge in [0.2, 0.25) is 0 Å². The molecule has 10 heteroatoms. The Kier molecular flexibility index (Phi) is 1650. The van der Waals surface area contributed by atoms with Crippen LogP contribution in [0.2, 0.25) is 0 Å². The predicted octanol–water partition coefficient (Wildman–Crippen LogP) is -24.0. The van der Waals surface area contributed by atoms with Gasteiger partial charge in [0.05, 0.1) is 0 Å². The van der Waals surface area contributed by atoms with Crippen molar-refractivity contribution in [1.29, 1.82) is 0 Å². The molecule has 0 aromatic rings. The fourth-order valence-electron chi connectivity index (χ4n) is 0. The first kappa shape index (κ1) is 144. The van der Waals surface area contributed by atoms with Crippen LogP contribution in [0.15, 0.2) is 0 Å². The van der Waals surface area contributed by atoms with Crippen LogP contribution in [0, 0.1) is 0 Å². The summed E-state index contributed by atoms with van der Waals surface area (Å²) >= 11 is 0. The van der Waals surface area contributed by atoms with Gasteiger partial charge in [0.25, 0.3) is 0 Å². The molecule has 0 fully saturated rings. The Bertz CT molecular complexity index is 7.22. The zero-order valence-electron chi connectivity index (χ0n) is 4.02. The molecule has 0 heterocycles. The molecule has 0 rings (SSSR count). The SMILES string of the molecule is [Cl-].[Cl-].[Cl-].[Cl-].[Cl-].[Cl-].[Cl-].[Cl-].[Zr+4].[Zr+4]. The van der Waals surface area contributed by atoms with E-state index >= 15 is 0 Å². The van der Waals surface area contributed by atoms with E-state index in [-0.39, 0.29) is 152 Å². The molecule has 0 aliphatic heterocycles. The Hall–Kier alpha value is 4.09. The van der Waals surface area contributed by atoms with Gasteiger partial charge in [-0.05, 0) is 0 Å². The zero-order chi connectivity index (χ0) is 0. The van der Waals surface area contributed by atoms with Crippen LogP contribution in [-0.2, 0) is 52.4 Å². The first-order valence-electron chi connectivity index (χ1n) is 0. The van der Waals surface area contributed by atoms with Gasteiger partial charge in [0, 0.05) is 0 Å². The number of rotatable bonds is 0. The Balaban J connectivity index is 0. The van der Waals surface area contributed by atoms with Gasteiger partial charge in [-0.1, -0.05) is 0 Å². The quantitative estimate of drug-likeness (QED) is 0.333. The van der Waals surface area contributed by atoms with Crippen LogP contribution in [-0.4, -0.2) is 0 Å². The maximum absolute atomic E-state index is 0.